The largest absolute Gasteiger partial charge is 0.465 e. The van der Waals surface area contributed by atoms with E-state index >= 15 is 0 Å². The van der Waals surface area contributed by atoms with Crippen LogP contribution < -0.4 is 0 Å². The molecule has 0 bridgehead atoms. The van der Waals surface area contributed by atoms with Crippen molar-refractivity contribution in [3.8, 4) is 0 Å². The van der Waals surface area contributed by atoms with Crippen LogP contribution in [0.25, 0.3) is 0 Å². The monoisotopic (exact) mass is 264 g/mol. The third-order valence-electron chi connectivity index (χ3n) is 2.55. The van der Waals surface area contributed by atoms with E-state index in [4.69, 9.17) is 27.9 Å². The minimum absolute atomic E-state index is 0.00263. The summed E-state index contributed by atoms with van der Waals surface area (Å²) in [7, 11) is 0. The van der Waals surface area contributed by atoms with E-state index in [-0.39, 0.29) is 18.3 Å². The number of hydrogen-bond acceptors (Lipinski definition) is 3. The number of hydrogen-bond donors (Lipinski definition) is 0. The molecule has 1 heterocycles. The molecule has 5 heteroatoms. The SMILES string of the molecule is O=[C]CC(Cl)(Cl)CCCC1C[CH]COC1=O. The molecule has 0 saturated carbocycles. The van der Waals surface area contributed by atoms with Crippen LogP contribution >= 0.6 is 23.2 Å². The summed E-state index contributed by atoms with van der Waals surface area (Å²) in [5.74, 6) is -0.239. The first-order chi connectivity index (χ1) is 7.55. The third-order valence-corrected chi connectivity index (χ3v) is 3.20. The van der Waals surface area contributed by atoms with Gasteiger partial charge < -0.3 is 4.74 Å². The summed E-state index contributed by atoms with van der Waals surface area (Å²) < 4.78 is 3.85. The Balaban J connectivity index is 2.23. The molecule has 90 valence electrons. The Morgan fingerprint density at radius 2 is 2.31 bits per heavy atom. The molecule has 0 aromatic rings. The van der Waals surface area contributed by atoms with Crippen molar-refractivity contribution >= 4 is 35.5 Å². The summed E-state index contributed by atoms with van der Waals surface area (Å²) in [5, 5.41) is 0. The summed E-state index contributed by atoms with van der Waals surface area (Å²) in [5.41, 5.74) is 0. The Bertz CT molecular complexity index is 254. The molecule has 0 amide bonds. The molecule has 3 nitrogen and oxygen atoms in total. The summed E-state index contributed by atoms with van der Waals surface area (Å²) >= 11 is 11.7. The third kappa shape index (κ3) is 4.71. The van der Waals surface area contributed by atoms with E-state index in [0.717, 1.165) is 6.42 Å². The second kappa shape index (κ2) is 6.45. The Labute approximate surface area is 105 Å². The fourth-order valence-electron chi connectivity index (χ4n) is 1.66. The molecule has 0 aliphatic carbocycles. The first kappa shape index (κ1) is 13.8. The fourth-order valence-corrected chi connectivity index (χ4v) is 2.04. The topological polar surface area (TPSA) is 43.4 Å². The highest BCUT2D eigenvalue weighted by Gasteiger charge is 2.27. The summed E-state index contributed by atoms with van der Waals surface area (Å²) in [6.45, 7) is 0.407. The van der Waals surface area contributed by atoms with Gasteiger partial charge in [0.25, 0.3) is 0 Å². The van der Waals surface area contributed by atoms with Gasteiger partial charge in [-0.15, -0.1) is 23.2 Å². The zero-order valence-corrected chi connectivity index (χ0v) is 10.4. The smallest absolute Gasteiger partial charge is 0.308 e. The van der Waals surface area contributed by atoms with Crippen molar-refractivity contribution in [2.45, 2.75) is 36.4 Å². The van der Waals surface area contributed by atoms with Gasteiger partial charge in [-0.25, -0.2) is 0 Å². The van der Waals surface area contributed by atoms with Gasteiger partial charge in [-0.2, -0.15) is 0 Å². The number of ether oxygens (including phenoxy) is 1. The normalized spacial score (nSPS) is 21.6. The zero-order chi connectivity index (χ0) is 12.0. The predicted octanol–water partition coefficient (Wildman–Crippen LogP) is 2.60. The second-order valence-corrected chi connectivity index (χ2v) is 5.56. The predicted molar refractivity (Wildman–Crippen MR) is 62.0 cm³/mol. The molecule has 2 radical (unpaired) electrons. The molecule has 1 fully saturated rings. The van der Waals surface area contributed by atoms with Gasteiger partial charge in [0.2, 0.25) is 6.29 Å². The van der Waals surface area contributed by atoms with Crippen LogP contribution in [-0.4, -0.2) is 23.2 Å². The number of alkyl halides is 2. The van der Waals surface area contributed by atoms with Gasteiger partial charge >= 0.3 is 5.97 Å². The molecule has 16 heavy (non-hydrogen) atoms. The standard InChI is InChI=1S/C11H14Cl2O3/c12-11(13,6-7-14)5-1-3-9-4-2-8-16-10(9)15/h2,9H,1,3-6,8H2. The lowest BCUT2D eigenvalue weighted by Crippen LogP contribution is -2.25. The van der Waals surface area contributed by atoms with Crippen molar-refractivity contribution in [1.29, 1.82) is 0 Å². The Kier molecular flexibility index (Phi) is 5.56. The molecule has 1 aliphatic rings. The summed E-state index contributed by atoms with van der Waals surface area (Å²) in [4.78, 5) is 21.5. The van der Waals surface area contributed by atoms with Crippen LogP contribution in [0.3, 0.4) is 0 Å². The van der Waals surface area contributed by atoms with E-state index in [2.05, 4.69) is 0 Å². The number of esters is 1. The van der Waals surface area contributed by atoms with Gasteiger partial charge in [0, 0.05) is 6.42 Å². The fraction of sp³-hybridized carbons (Fsp3) is 0.727. The molecule has 1 unspecified atom stereocenters. The lowest BCUT2D eigenvalue weighted by molar-refractivity contribution is -0.150. The van der Waals surface area contributed by atoms with Crippen molar-refractivity contribution in [3.63, 3.8) is 0 Å². The number of carbonyl (C=O) groups excluding carboxylic acids is 2. The molecule has 0 aromatic carbocycles. The van der Waals surface area contributed by atoms with Crippen LogP contribution in [0.5, 0.6) is 0 Å². The zero-order valence-electron chi connectivity index (χ0n) is 8.88. The molecular formula is C11H14Cl2O3. The molecular weight excluding hydrogens is 251 g/mol. The van der Waals surface area contributed by atoms with E-state index in [9.17, 15) is 9.59 Å². The van der Waals surface area contributed by atoms with Crippen LogP contribution in [0, 0.1) is 12.3 Å². The van der Waals surface area contributed by atoms with Gasteiger partial charge in [0.1, 0.15) is 4.33 Å². The lowest BCUT2D eigenvalue weighted by atomic mass is 9.94. The molecule has 1 saturated heterocycles. The Morgan fingerprint density at radius 1 is 1.56 bits per heavy atom. The average Bonchev–Trinajstić information content (AvgIpc) is 2.20. The van der Waals surface area contributed by atoms with Crippen LogP contribution in [-0.2, 0) is 14.3 Å². The summed E-state index contributed by atoms with van der Waals surface area (Å²) in [6, 6.07) is 0. The van der Waals surface area contributed by atoms with E-state index < -0.39 is 4.33 Å². The quantitative estimate of drug-likeness (QED) is 0.547. The van der Waals surface area contributed by atoms with Crippen molar-refractivity contribution in [3.05, 3.63) is 6.42 Å². The van der Waals surface area contributed by atoms with Gasteiger partial charge in [0.15, 0.2) is 0 Å². The Morgan fingerprint density at radius 3 is 2.94 bits per heavy atom. The maximum Gasteiger partial charge on any atom is 0.308 e. The van der Waals surface area contributed by atoms with Gasteiger partial charge in [-0.1, -0.05) is 0 Å². The molecule has 0 spiro atoms. The molecule has 1 rings (SSSR count). The number of halogens is 2. The van der Waals surface area contributed by atoms with Crippen LogP contribution in [0.4, 0.5) is 0 Å². The highest BCUT2D eigenvalue weighted by Crippen LogP contribution is 2.32. The molecule has 1 atom stereocenters. The Hall–Kier alpha value is -0.280. The molecule has 1 aliphatic heterocycles. The highest BCUT2D eigenvalue weighted by atomic mass is 35.5. The van der Waals surface area contributed by atoms with Gasteiger partial charge in [0.05, 0.1) is 12.5 Å². The number of rotatable bonds is 6. The van der Waals surface area contributed by atoms with Gasteiger partial charge in [-0.3, -0.25) is 9.59 Å². The van der Waals surface area contributed by atoms with E-state index in [1.165, 1.54) is 0 Å². The summed E-state index contributed by atoms with van der Waals surface area (Å²) in [6.07, 6.45) is 6.25. The van der Waals surface area contributed by atoms with Crippen molar-refractivity contribution in [1.82, 2.24) is 0 Å². The molecule has 0 aromatic heterocycles. The maximum atomic E-state index is 11.3. The van der Waals surface area contributed by atoms with Crippen LogP contribution in [0.2, 0.25) is 0 Å². The van der Waals surface area contributed by atoms with E-state index in [0.29, 0.717) is 25.9 Å². The highest BCUT2D eigenvalue weighted by molar-refractivity contribution is 6.48. The van der Waals surface area contributed by atoms with E-state index in [1.807, 2.05) is 6.42 Å². The second-order valence-electron chi connectivity index (χ2n) is 3.92. The maximum absolute atomic E-state index is 11.3. The first-order valence-corrected chi connectivity index (χ1v) is 6.02. The number of cyclic esters (lactones) is 1. The average molecular weight is 265 g/mol. The minimum Gasteiger partial charge on any atom is -0.465 e. The van der Waals surface area contributed by atoms with Crippen LogP contribution in [0.1, 0.15) is 32.1 Å². The lowest BCUT2D eigenvalue weighted by Gasteiger charge is -2.22. The number of carbonyl (C=O) groups is 1. The van der Waals surface area contributed by atoms with Crippen molar-refractivity contribution < 1.29 is 14.3 Å². The minimum atomic E-state index is -1.05. The van der Waals surface area contributed by atoms with Gasteiger partial charge in [-0.05, 0) is 32.1 Å². The van der Waals surface area contributed by atoms with Crippen LogP contribution in [0.15, 0.2) is 0 Å². The van der Waals surface area contributed by atoms with Crippen molar-refractivity contribution in [2.75, 3.05) is 6.61 Å². The first-order valence-electron chi connectivity index (χ1n) is 5.26. The molecule has 0 N–H and O–H groups in total. The van der Waals surface area contributed by atoms with Crippen molar-refractivity contribution in [2.24, 2.45) is 5.92 Å². The van der Waals surface area contributed by atoms with E-state index in [1.54, 1.807) is 6.29 Å².